The summed E-state index contributed by atoms with van der Waals surface area (Å²) in [5.41, 5.74) is 0.928. The highest BCUT2D eigenvalue weighted by molar-refractivity contribution is 8.01. The number of hydrogen-bond acceptors (Lipinski definition) is 5. The summed E-state index contributed by atoms with van der Waals surface area (Å²) < 4.78 is 45.9. The van der Waals surface area contributed by atoms with Crippen LogP contribution in [0, 0.1) is 0 Å². The van der Waals surface area contributed by atoms with E-state index >= 15 is 0 Å². The Kier molecular flexibility index (Phi) is 6.35. The SMILES string of the molecule is O=C1NC(O)SC1Cc1ccc(OCCc2ccc(OC(F)(F)F)cc2)cc1. The number of carbonyl (C=O) groups is 1. The third-order valence-electron chi connectivity index (χ3n) is 4.01. The maximum Gasteiger partial charge on any atom is 0.573 e. The number of aliphatic hydroxyl groups is 1. The van der Waals surface area contributed by atoms with Crippen LogP contribution in [-0.4, -0.2) is 34.8 Å². The molecule has 9 heteroatoms. The van der Waals surface area contributed by atoms with E-state index in [0.29, 0.717) is 25.2 Å². The fraction of sp³-hybridized carbons (Fsp3) is 0.316. The first-order valence-corrected chi connectivity index (χ1v) is 9.43. The van der Waals surface area contributed by atoms with Crippen molar-refractivity contribution in [3.05, 3.63) is 59.7 Å². The van der Waals surface area contributed by atoms with Crippen LogP contribution in [0.25, 0.3) is 0 Å². The van der Waals surface area contributed by atoms with Gasteiger partial charge in [-0.1, -0.05) is 36.0 Å². The van der Waals surface area contributed by atoms with Crippen LogP contribution < -0.4 is 14.8 Å². The van der Waals surface area contributed by atoms with Gasteiger partial charge in [0.25, 0.3) is 0 Å². The van der Waals surface area contributed by atoms with Crippen LogP contribution >= 0.6 is 11.8 Å². The van der Waals surface area contributed by atoms with E-state index in [4.69, 9.17) is 4.74 Å². The van der Waals surface area contributed by atoms with Gasteiger partial charge in [0, 0.05) is 6.42 Å². The summed E-state index contributed by atoms with van der Waals surface area (Å²) >= 11 is 1.18. The summed E-state index contributed by atoms with van der Waals surface area (Å²) in [5.74, 6) is 0.225. The lowest BCUT2D eigenvalue weighted by Gasteiger charge is -2.10. The Hall–Kier alpha value is -2.39. The highest BCUT2D eigenvalue weighted by Crippen LogP contribution is 2.26. The van der Waals surface area contributed by atoms with E-state index in [1.54, 1.807) is 24.3 Å². The molecule has 2 unspecified atom stereocenters. The summed E-state index contributed by atoms with van der Waals surface area (Å²) in [6.45, 7) is 0.367. The molecule has 0 aromatic heterocycles. The molecule has 0 radical (unpaired) electrons. The zero-order valence-electron chi connectivity index (χ0n) is 14.6. The minimum absolute atomic E-state index is 0.176. The average molecular weight is 413 g/mol. The molecular weight excluding hydrogens is 395 g/mol. The summed E-state index contributed by atoms with van der Waals surface area (Å²) in [5, 5.41) is 11.5. The second-order valence-electron chi connectivity index (χ2n) is 6.12. The zero-order chi connectivity index (χ0) is 20.1. The highest BCUT2D eigenvalue weighted by atomic mass is 32.2. The van der Waals surface area contributed by atoms with Crippen molar-refractivity contribution >= 4 is 17.7 Å². The number of aliphatic hydroxyl groups excluding tert-OH is 1. The molecule has 1 saturated heterocycles. The first-order valence-electron chi connectivity index (χ1n) is 8.49. The van der Waals surface area contributed by atoms with Crippen LogP contribution in [0.2, 0.25) is 0 Å². The minimum atomic E-state index is -4.70. The van der Waals surface area contributed by atoms with E-state index in [9.17, 15) is 23.1 Å². The van der Waals surface area contributed by atoms with Gasteiger partial charge in [-0.2, -0.15) is 0 Å². The monoisotopic (exact) mass is 413 g/mol. The van der Waals surface area contributed by atoms with E-state index in [0.717, 1.165) is 11.1 Å². The van der Waals surface area contributed by atoms with Crippen LogP contribution in [0.1, 0.15) is 11.1 Å². The molecule has 0 spiro atoms. The predicted octanol–water partition coefficient (Wildman–Crippen LogP) is 3.26. The van der Waals surface area contributed by atoms with Gasteiger partial charge in [0.15, 0.2) is 5.56 Å². The zero-order valence-corrected chi connectivity index (χ0v) is 15.4. The third-order valence-corrected chi connectivity index (χ3v) is 5.10. The van der Waals surface area contributed by atoms with Gasteiger partial charge < -0.3 is 19.9 Å². The molecule has 5 nitrogen and oxygen atoms in total. The molecular formula is C19H18F3NO4S. The first-order chi connectivity index (χ1) is 13.3. The van der Waals surface area contributed by atoms with Crippen molar-refractivity contribution in [1.82, 2.24) is 5.32 Å². The summed E-state index contributed by atoms with van der Waals surface area (Å²) in [4.78, 5) is 11.6. The number of carbonyl (C=O) groups excluding carboxylic acids is 1. The first kappa shape index (κ1) is 20.3. The van der Waals surface area contributed by atoms with Crippen LogP contribution in [0.5, 0.6) is 11.5 Å². The number of rotatable bonds is 7. The van der Waals surface area contributed by atoms with Crippen molar-refractivity contribution in [2.75, 3.05) is 6.61 Å². The van der Waals surface area contributed by atoms with Crippen molar-refractivity contribution in [3.63, 3.8) is 0 Å². The van der Waals surface area contributed by atoms with Gasteiger partial charge in [0.05, 0.1) is 11.9 Å². The topological polar surface area (TPSA) is 67.8 Å². The van der Waals surface area contributed by atoms with Crippen molar-refractivity contribution in [2.45, 2.75) is 30.0 Å². The van der Waals surface area contributed by atoms with E-state index in [1.165, 1.54) is 23.9 Å². The smallest absolute Gasteiger partial charge is 0.493 e. The molecule has 2 aromatic carbocycles. The van der Waals surface area contributed by atoms with Crippen LogP contribution in [0.15, 0.2) is 48.5 Å². The molecule has 1 amide bonds. The lowest BCUT2D eigenvalue weighted by molar-refractivity contribution is -0.274. The fourth-order valence-corrected chi connectivity index (χ4v) is 3.66. The number of ether oxygens (including phenoxy) is 2. The Morgan fingerprint density at radius 1 is 1.00 bits per heavy atom. The highest BCUT2D eigenvalue weighted by Gasteiger charge is 2.31. The second kappa shape index (κ2) is 8.74. The van der Waals surface area contributed by atoms with Crippen molar-refractivity contribution in [2.24, 2.45) is 0 Å². The Bertz CT molecular complexity index is 796. The van der Waals surface area contributed by atoms with Crippen LogP contribution in [-0.2, 0) is 17.6 Å². The molecule has 2 N–H and O–H groups in total. The van der Waals surface area contributed by atoms with Gasteiger partial charge in [0.1, 0.15) is 11.5 Å². The van der Waals surface area contributed by atoms with Gasteiger partial charge in [-0.05, 0) is 41.8 Å². The van der Waals surface area contributed by atoms with Crippen LogP contribution in [0.3, 0.4) is 0 Å². The standard InChI is InChI=1S/C19H18F3NO4S/c20-19(21,22)27-15-7-1-12(2-8-15)9-10-26-14-5-3-13(4-6-14)11-16-17(24)23-18(25)28-16/h1-8,16,18,25H,9-11H2,(H,23,24). The lowest BCUT2D eigenvalue weighted by Crippen LogP contribution is -2.27. The molecule has 1 heterocycles. The number of amides is 1. The van der Waals surface area contributed by atoms with Crippen molar-refractivity contribution < 1.29 is 32.5 Å². The average Bonchev–Trinajstić information content (AvgIpc) is 2.94. The quantitative estimate of drug-likeness (QED) is 0.730. The lowest BCUT2D eigenvalue weighted by atomic mass is 10.1. The Morgan fingerprint density at radius 2 is 1.61 bits per heavy atom. The van der Waals surface area contributed by atoms with E-state index in [-0.39, 0.29) is 16.9 Å². The summed E-state index contributed by atoms with van der Waals surface area (Å²) in [6.07, 6.45) is -3.65. The molecule has 1 aliphatic rings. The molecule has 0 saturated carbocycles. The molecule has 0 bridgehead atoms. The minimum Gasteiger partial charge on any atom is -0.493 e. The predicted molar refractivity (Wildman–Crippen MR) is 98.0 cm³/mol. The number of hydrogen-bond donors (Lipinski definition) is 2. The maximum absolute atomic E-state index is 12.1. The van der Waals surface area contributed by atoms with Gasteiger partial charge in [-0.25, -0.2) is 0 Å². The number of halogens is 3. The van der Waals surface area contributed by atoms with E-state index in [1.807, 2.05) is 12.1 Å². The molecule has 2 atom stereocenters. The van der Waals surface area contributed by atoms with E-state index < -0.39 is 11.9 Å². The number of nitrogens with one attached hydrogen (secondary N) is 1. The molecule has 1 aliphatic heterocycles. The number of benzene rings is 2. The number of thioether (sulfide) groups is 1. The maximum atomic E-state index is 12.1. The summed E-state index contributed by atoms with van der Waals surface area (Å²) in [7, 11) is 0. The normalized spacial score (nSPS) is 19.4. The Morgan fingerprint density at radius 3 is 2.18 bits per heavy atom. The number of alkyl halides is 3. The van der Waals surface area contributed by atoms with Gasteiger partial charge in [0.2, 0.25) is 5.91 Å². The molecule has 2 aromatic rings. The molecule has 150 valence electrons. The van der Waals surface area contributed by atoms with Gasteiger partial charge >= 0.3 is 6.36 Å². The van der Waals surface area contributed by atoms with Gasteiger partial charge in [-0.15, -0.1) is 13.2 Å². The second-order valence-corrected chi connectivity index (χ2v) is 7.41. The van der Waals surface area contributed by atoms with Crippen molar-refractivity contribution in [3.8, 4) is 11.5 Å². The largest absolute Gasteiger partial charge is 0.573 e. The van der Waals surface area contributed by atoms with Gasteiger partial charge in [-0.3, -0.25) is 4.79 Å². The molecule has 1 fully saturated rings. The van der Waals surface area contributed by atoms with Crippen molar-refractivity contribution in [1.29, 1.82) is 0 Å². The summed E-state index contributed by atoms with van der Waals surface area (Å²) in [6, 6.07) is 13.0. The molecule has 3 rings (SSSR count). The Labute approximate surface area is 163 Å². The Balaban J connectivity index is 1.44. The van der Waals surface area contributed by atoms with E-state index in [2.05, 4.69) is 10.1 Å². The fourth-order valence-electron chi connectivity index (χ4n) is 2.69. The molecule has 28 heavy (non-hydrogen) atoms. The van der Waals surface area contributed by atoms with Crippen LogP contribution in [0.4, 0.5) is 13.2 Å². The third kappa shape index (κ3) is 6.07. The molecule has 0 aliphatic carbocycles.